The highest BCUT2D eigenvalue weighted by atomic mass is 16.5. The average Bonchev–Trinajstić information content (AvgIpc) is 2.62. The largest absolute Gasteiger partial charge is 0.497 e. The van der Waals surface area contributed by atoms with Crippen molar-refractivity contribution in [1.29, 1.82) is 0 Å². The molecule has 0 aliphatic rings. The van der Waals surface area contributed by atoms with Crippen LogP contribution in [0, 0.1) is 6.92 Å². The van der Waals surface area contributed by atoms with Crippen LogP contribution in [0.1, 0.15) is 21.5 Å². The van der Waals surface area contributed by atoms with Gasteiger partial charge in [0.1, 0.15) is 5.75 Å². The highest BCUT2D eigenvalue weighted by molar-refractivity contribution is 5.94. The zero-order valence-electron chi connectivity index (χ0n) is 14.5. The summed E-state index contributed by atoms with van der Waals surface area (Å²) in [5.41, 5.74) is 2.79. The number of amides is 1. The molecule has 0 saturated heterocycles. The Hall–Kier alpha value is -3.08. The summed E-state index contributed by atoms with van der Waals surface area (Å²) >= 11 is 0. The van der Waals surface area contributed by atoms with E-state index in [4.69, 9.17) is 4.74 Å². The summed E-state index contributed by atoms with van der Waals surface area (Å²) in [5.74, 6) is 0.548. The molecular formula is C20H20N2O3. The molecule has 128 valence electrons. The zero-order valence-corrected chi connectivity index (χ0v) is 14.5. The van der Waals surface area contributed by atoms with Gasteiger partial charge in [-0.3, -0.25) is 9.59 Å². The summed E-state index contributed by atoms with van der Waals surface area (Å²) in [6, 6.07) is 14.6. The number of H-pyrrole nitrogens is 1. The Morgan fingerprint density at radius 2 is 1.88 bits per heavy atom. The number of carbonyl (C=O) groups excluding carboxylic acids is 1. The molecule has 3 aromatic rings. The van der Waals surface area contributed by atoms with E-state index in [0.29, 0.717) is 16.9 Å². The average molecular weight is 336 g/mol. The first-order valence-electron chi connectivity index (χ1n) is 8.00. The number of aryl methyl sites for hydroxylation is 1. The molecule has 0 spiro atoms. The first-order valence-corrected chi connectivity index (χ1v) is 8.00. The van der Waals surface area contributed by atoms with E-state index >= 15 is 0 Å². The van der Waals surface area contributed by atoms with Crippen molar-refractivity contribution >= 4 is 16.8 Å². The van der Waals surface area contributed by atoms with Gasteiger partial charge in [0.15, 0.2) is 0 Å². The van der Waals surface area contributed by atoms with Crippen LogP contribution in [-0.2, 0) is 6.54 Å². The highest BCUT2D eigenvalue weighted by Gasteiger charge is 2.14. The fraction of sp³-hybridized carbons (Fsp3) is 0.200. The van der Waals surface area contributed by atoms with Gasteiger partial charge >= 0.3 is 0 Å². The molecule has 5 heteroatoms. The molecule has 0 bridgehead atoms. The first-order chi connectivity index (χ1) is 12.0. The molecular weight excluding hydrogens is 316 g/mol. The van der Waals surface area contributed by atoms with Crippen LogP contribution in [0.4, 0.5) is 0 Å². The lowest BCUT2D eigenvalue weighted by molar-refractivity contribution is 0.0784. The SMILES string of the molecule is COc1ccc(C(=O)N(C)Cc2cc3cccc(C)c3[nH]c2=O)cc1. The van der Waals surface area contributed by atoms with Gasteiger partial charge in [-0.25, -0.2) is 0 Å². The van der Waals surface area contributed by atoms with Crippen LogP contribution in [0.15, 0.2) is 53.3 Å². The summed E-state index contributed by atoms with van der Waals surface area (Å²) in [6.07, 6.45) is 0. The van der Waals surface area contributed by atoms with Crippen LogP contribution in [0.3, 0.4) is 0 Å². The predicted octanol–water partition coefficient (Wildman–Crippen LogP) is 3.12. The van der Waals surface area contributed by atoms with Crippen molar-refractivity contribution in [2.24, 2.45) is 0 Å². The number of benzene rings is 2. The van der Waals surface area contributed by atoms with E-state index in [2.05, 4.69) is 4.98 Å². The van der Waals surface area contributed by atoms with Gasteiger partial charge in [-0.1, -0.05) is 18.2 Å². The molecule has 0 radical (unpaired) electrons. The fourth-order valence-electron chi connectivity index (χ4n) is 2.83. The number of rotatable bonds is 4. The maximum Gasteiger partial charge on any atom is 0.253 e. The van der Waals surface area contributed by atoms with Gasteiger partial charge in [0.2, 0.25) is 0 Å². The number of fused-ring (bicyclic) bond motifs is 1. The van der Waals surface area contributed by atoms with Gasteiger partial charge in [0.25, 0.3) is 11.5 Å². The second kappa shape index (κ2) is 6.81. The second-order valence-electron chi connectivity index (χ2n) is 6.05. The van der Waals surface area contributed by atoms with Gasteiger partial charge in [0, 0.05) is 18.2 Å². The first kappa shape index (κ1) is 16.8. The van der Waals surface area contributed by atoms with Crippen LogP contribution in [0.25, 0.3) is 10.9 Å². The number of aromatic amines is 1. The zero-order chi connectivity index (χ0) is 18.0. The molecule has 1 heterocycles. The van der Waals surface area contributed by atoms with E-state index in [1.54, 1.807) is 38.4 Å². The number of aromatic nitrogens is 1. The Morgan fingerprint density at radius 1 is 1.16 bits per heavy atom. The van der Waals surface area contributed by atoms with Crippen LogP contribution in [0.2, 0.25) is 0 Å². The minimum atomic E-state index is -0.170. The topological polar surface area (TPSA) is 62.4 Å². The number of methoxy groups -OCH3 is 1. The van der Waals surface area contributed by atoms with Crippen molar-refractivity contribution in [3.05, 3.63) is 75.6 Å². The fourth-order valence-corrected chi connectivity index (χ4v) is 2.83. The molecule has 0 saturated carbocycles. The Morgan fingerprint density at radius 3 is 2.56 bits per heavy atom. The van der Waals surface area contributed by atoms with E-state index < -0.39 is 0 Å². The minimum absolute atomic E-state index is 0.147. The van der Waals surface area contributed by atoms with Crippen LogP contribution < -0.4 is 10.3 Å². The Labute approximate surface area is 145 Å². The van der Waals surface area contributed by atoms with Gasteiger partial charge < -0.3 is 14.6 Å². The Balaban J connectivity index is 1.85. The lowest BCUT2D eigenvalue weighted by atomic mass is 10.1. The van der Waals surface area contributed by atoms with E-state index in [-0.39, 0.29) is 18.0 Å². The van der Waals surface area contributed by atoms with E-state index in [9.17, 15) is 9.59 Å². The molecule has 5 nitrogen and oxygen atoms in total. The molecule has 25 heavy (non-hydrogen) atoms. The molecule has 0 fully saturated rings. The minimum Gasteiger partial charge on any atom is -0.497 e. The third-order valence-electron chi connectivity index (χ3n) is 4.26. The van der Waals surface area contributed by atoms with Crippen molar-refractivity contribution < 1.29 is 9.53 Å². The lowest BCUT2D eigenvalue weighted by Crippen LogP contribution is -2.29. The van der Waals surface area contributed by atoms with Crippen molar-refractivity contribution in [2.75, 3.05) is 14.2 Å². The number of ether oxygens (including phenoxy) is 1. The van der Waals surface area contributed by atoms with Crippen molar-refractivity contribution in [3.63, 3.8) is 0 Å². The molecule has 2 aromatic carbocycles. The smallest absolute Gasteiger partial charge is 0.253 e. The molecule has 1 aromatic heterocycles. The maximum absolute atomic E-state index is 12.6. The van der Waals surface area contributed by atoms with Gasteiger partial charge in [-0.2, -0.15) is 0 Å². The standard InChI is InChI=1S/C20H20N2O3/c1-13-5-4-6-15-11-16(19(23)21-18(13)15)12-22(2)20(24)14-7-9-17(25-3)10-8-14/h4-11H,12H2,1-3H3,(H,21,23). The number of pyridine rings is 1. The Kier molecular flexibility index (Phi) is 4.57. The molecule has 1 amide bonds. The second-order valence-corrected chi connectivity index (χ2v) is 6.05. The molecule has 1 N–H and O–H groups in total. The number of hydrogen-bond acceptors (Lipinski definition) is 3. The maximum atomic E-state index is 12.6. The van der Waals surface area contributed by atoms with Crippen molar-refractivity contribution in [2.45, 2.75) is 13.5 Å². The third-order valence-corrected chi connectivity index (χ3v) is 4.26. The van der Waals surface area contributed by atoms with Crippen LogP contribution in [0.5, 0.6) is 5.75 Å². The van der Waals surface area contributed by atoms with Crippen LogP contribution in [-0.4, -0.2) is 29.9 Å². The summed E-state index contributed by atoms with van der Waals surface area (Å²) in [6.45, 7) is 2.20. The van der Waals surface area contributed by atoms with Gasteiger partial charge in [0.05, 0.1) is 19.2 Å². The monoisotopic (exact) mass is 336 g/mol. The summed E-state index contributed by atoms with van der Waals surface area (Å²) in [7, 11) is 3.27. The molecule has 3 rings (SSSR count). The lowest BCUT2D eigenvalue weighted by Gasteiger charge is -2.17. The van der Waals surface area contributed by atoms with Gasteiger partial charge in [-0.15, -0.1) is 0 Å². The van der Waals surface area contributed by atoms with Gasteiger partial charge in [-0.05, 0) is 48.2 Å². The van der Waals surface area contributed by atoms with Crippen LogP contribution >= 0.6 is 0 Å². The third kappa shape index (κ3) is 3.40. The van der Waals surface area contributed by atoms with Crippen molar-refractivity contribution in [1.82, 2.24) is 9.88 Å². The summed E-state index contributed by atoms with van der Waals surface area (Å²) in [4.78, 5) is 29.4. The summed E-state index contributed by atoms with van der Waals surface area (Å²) < 4.78 is 5.10. The number of nitrogens with one attached hydrogen (secondary N) is 1. The summed E-state index contributed by atoms with van der Waals surface area (Å²) in [5, 5.41) is 0.958. The number of carbonyl (C=O) groups is 1. The quantitative estimate of drug-likeness (QED) is 0.796. The Bertz CT molecular complexity index is 974. The van der Waals surface area contributed by atoms with E-state index in [1.165, 1.54) is 4.90 Å². The van der Waals surface area contributed by atoms with Crippen molar-refractivity contribution in [3.8, 4) is 5.75 Å². The molecule has 0 unspecified atom stereocenters. The normalized spacial score (nSPS) is 10.7. The van der Waals surface area contributed by atoms with E-state index in [0.717, 1.165) is 16.5 Å². The van der Waals surface area contributed by atoms with E-state index in [1.807, 2.05) is 31.2 Å². The predicted molar refractivity (Wildman–Crippen MR) is 98.1 cm³/mol. The number of para-hydroxylation sites is 1. The molecule has 0 atom stereocenters. The molecule has 0 aliphatic heterocycles. The highest BCUT2D eigenvalue weighted by Crippen LogP contribution is 2.17. The number of nitrogens with zero attached hydrogens (tertiary/aromatic N) is 1. The molecule has 0 aliphatic carbocycles. The number of hydrogen-bond donors (Lipinski definition) is 1.